The van der Waals surface area contributed by atoms with Crippen molar-refractivity contribution in [3.63, 3.8) is 0 Å². The van der Waals surface area contributed by atoms with E-state index in [2.05, 4.69) is 73.5 Å². The van der Waals surface area contributed by atoms with Crippen molar-refractivity contribution in [3.05, 3.63) is 53.6 Å². The molecule has 0 aliphatic carbocycles. The lowest BCUT2D eigenvalue weighted by molar-refractivity contribution is 0.163. The number of piperidine rings is 1. The maximum Gasteiger partial charge on any atom is 0.0521 e. The summed E-state index contributed by atoms with van der Waals surface area (Å²) < 4.78 is 0. The van der Waals surface area contributed by atoms with E-state index in [4.69, 9.17) is 0 Å². The van der Waals surface area contributed by atoms with Crippen LogP contribution in [0.4, 0.5) is 5.69 Å². The molecular formula is C21H26N2S. The van der Waals surface area contributed by atoms with Crippen LogP contribution in [0.1, 0.15) is 37.3 Å². The standard InChI is InChI=1S/C21H26N2S/c1-14(2)23-12-11-19-18(13-23)17-5-4-6-20(21(17)22-19)24-16-9-7-15(3)8-10-16/h4-10,14,18-19,22H,11-13H2,1-3H3/t18?,19-/m0/s1. The second kappa shape index (κ2) is 6.45. The molecule has 2 nitrogen and oxygen atoms in total. The first kappa shape index (κ1) is 16.0. The zero-order valence-corrected chi connectivity index (χ0v) is 15.6. The van der Waals surface area contributed by atoms with Crippen molar-refractivity contribution in [3.8, 4) is 0 Å². The smallest absolute Gasteiger partial charge is 0.0521 e. The number of hydrogen-bond donors (Lipinski definition) is 1. The average Bonchev–Trinajstić information content (AvgIpc) is 2.96. The molecule has 2 aromatic carbocycles. The fraction of sp³-hybridized carbons (Fsp3) is 0.429. The first-order valence-electron chi connectivity index (χ1n) is 9.00. The molecule has 3 heteroatoms. The van der Waals surface area contributed by atoms with Crippen molar-refractivity contribution in [2.45, 2.75) is 55.0 Å². The Bertz CT molecular complexity index is 723. The monoisotopic (exact) mass is 338 g/mol. The summed E-state index contributed by atoms with van der Waals surface area (Å²) in [6.07, 6.45) is 1.24. The molecule has 0 saturated carbocycles. The van der Waals surface area contributed by atoms with Crippen LogP contribution in [-0.4, -0.2) is 30.1 Å². The van der Waals surface area contributed by atoms with Crippen LogP contribution in [0.2, 0.25) is 0 Å². The molecule has 0 radical (unpaired) electrons. The second-order valence-electron chi connectivity index (χ2n) is 7.37. The fourth-order valence-corrected chi connectivity index (χ4v) is 4.90. The summed E-state index contributed by atoms with van der Waals surface area (Å²) in [6.45, 7) is 9.16. The summed E-state index contributed by atoms with van der Waals surface area (Å²) in [5.41, 5.74) is 4.21. The highest BCUT2D eigenvalue weighted by Crippen LogP contribution is 2.46. The molecule has 2 aromatic rings. The molecule has 2 atom stereocenters. The van der Waals surface area contributed by atoms with Crippen LogP contribution in [0.3, 0.4) is 0 Å². The van der Waals surface area contributed by atoms with Crippen LogP contribution in [-0.2, 0) is 0 Å². The number of para-hydroxylation sites is 1. The molecule has 0 bridgehead atoms. The number of benzene rings is 2. The van der Waals surface area contributed by atoms with Gasteiger partial charge in [0, 0.05) is 40.9 Å². The average molecular weight is 339 g/mol. The van der Waals surface area contributed by atoms with Crippen molar-refractivity contribution in [2.24, 2.45) is 0 Å². The summed E-state index contributed by atoms with van der Waals surface area (Å²) >= 11 is 1.88. The lowest BCUT2D eigenvalue weighted by Crippen LogP contribution is -2.45. The van der Waals surface area contributed by atoms with Crippen LogP contribution >= 0.6 is 11.8 Å². The summed E-state index contributed by atoms with van der Waals surface area (Å²) in [7, 11) is 0. The van der Waals surface area contributed by atoms with E-state index in [1.807, 2.05) is 11.8 Å². The minimum atomic E-state index is 0.606. The van der Waals surface area contributed by atoms with Gasteiger partial charge in [0.15, 0.2) is 0 Å². The third-order valence-electron chi connectivity index (χ3n) is 5.41. The zero-order chi connectivity index (χ0) is 16.7. The predicted molar refractivity (Wildman–Crippen MR) is 103 cm³/mol. The number of fused-ring (bicyclic) bond motifs is 3. The molecule has 1 fully saturated rings. The predicted octanol–water partition coefficient (Wildman–Crippen LogP) is 5.14. The maximum absolute atomic E-state index is 3.85. The van der Waals surface area contributed by atoms with Gasteiger partial charge in [-0.25, -0.2) is 0 Å². The van der Waals surface area contributed by atoms with Crippen molar-refractivity contribution >= 4 is 17.4 Å². The number of aryl methyl sites for hydroxylation is 1. The van der Waals surface area contributed by atoms with Gasteiger partial charge < -0.3 is 10.2 Å². The molecule has 1 unspecified atom stereocenters. The van der Waals surface area contributed by atoms with Gasteiger partial charge in [-0.15, -0.1) is 0 Å². The molecule has 0 spiro atoms. The molecule has 1 N–H and O–H groups in total. The van der Waals surface area contributed by atoms with Gasteiger partial charge in [0.05, 0.1) is 5.69 Å². The summed E-state index contributed by atoms with van der Waals surface area (Å²) in [4.78, 5) is 5.30. The van der Waals surface area contributed by atoms with Gasteiger partial charge in [-0.1, -0.05) is 41.6 Å². The Labute approximate surface area is 149 Å². The first-order chi connectivity index (χ1) is 11.6. The lowest BCUT2D eigenvalue weighted by atomic mass is 9.89. The van der Waals surface area contributed by atoms with Gasteiger partial charge in [0.2, 0.25) is 0 Å². The van der Waals surface area contributed by atoms with Crippen LogP contribution in [0.15, 0.2) is 52.3 Å². The van der Waals surface area contributed by atoms with Gasteiger partial charge >= 0.3 is 0 Å². The number of rotatable bonds is 3. The third kappa shape index (κ3) is 2.96. The summed E-state index contributed by atoms with van der Waals surface area (Å²) in [5, 5.41) is 3.85. The van der Waals surface area contributed by atoms with Crippen molar-refractivity contribution in [2.75, 3.05) is 18.4 Å². The van der Waals surface area contributed by atoms with E-state index in [1.165, 1.54) is 46.1 Å². The van der Waals surface area contributed by atoms with Crippen LogP contribution < -0.4 is 5.32 Å². The van der Waals surface area contributed by atoms with Gasteiger partial charge in [-0.3, -0.25) is 0 Å². The normalized spacial score (nSPS) is 23.0. The van der Waals surface area contributed by atoms with E-state index < -0.39 is 0 Å². The van der Waals surface area contributed by atoms with Gasteiger partial charge in [-0.2, -0.15) is 0 Å². The highest BCUT2D eigenvalue weighted by atomic mass is 32.2. The molecule has 2 heterocycles. The van der Waals surface area contributed by atoms with Crippen molar-refractivity contribution in [1.82, 2.24) is 4.90 Å². The minimum absolute atomic E-state index is 0.606. The van der Waals surface area contributed by atoms with Gasteiger partial charge in [0.25, 0.3) is 0 Å². The molecule has 1 saturated heterocycles. The largest absolute Gasteiger partial charge is 0.380 e. The molecule has 0 aromatic heterocycles. The Balaban J connectivity index is 1.61. The van der Waals surface area contributed by atoms with Gasteiger partial charge in [0.1, 0.15) is 0 Å². The van der Waals surface area contributed by atoms with Gasteiger partial charge in [-0.05, 0) is 51.0 Å². The highest BCUT2D eigenvalue weighted by molar-refractivity contribution is 7.99. The van der Waals surface area contributed by atoms with Crippen LogP contribution in [0, 0.1) is 6.92 Å². The Hall–Kier alpha value is -1.45. The minimum Gasteiger partial charge on any atom is -0.380 e. The third-order valence-corrected chi connectivity index (χ3v) is 6.48. The van der Waals surface area contributed by atoms with E-state index in [-0.39, 0.29) is 0 Å². The second-order valence-corrected chi connectivity index (χ2v) is 8.49. The molecule has 2 aliphatic rings. The van der Waals surface area contributed by atoms with Crippen LogP contribution in [0.5, 0.6) is 0 Å². The maximum atomic E-state index is 3.85. The molecule has 0 amide bonds. The van der Waals surface area contributed by atoms with E-state index in [0.29, 0.717) is 18.0 Å². The quantitative estimate of drug-likeness (QED) is 0.834. The Morgan fingerprint density at radius 3 is 2.67 bits per heavy atom. The molecular weight excluding hydrogens is 312 g/mol. The Morgan fingerprint density at radius 2 is 1.92 bits per heavy atom. The topological polar surface area (TPSA) is 15.3 Å². The Kier molecular flexibility index (Phi) is 4.31. The Morgan fingerprint density at radius 1 is 1.12 bits per heavy atom. The number of likely N-dealkylation sites (tertiary alicyclic amines) is 1. The number of anilines is 1. The first-order valence-corrected chi connectivity index (χ1v) is 9.81. The van der Waals surface area contributed by atoms with Crippen molar-refractivity contribution in [1.29, 1.82) is 0 Å². The summed E-state index contributed by atoms with van der Waals surface area (Å²) in [6, 6.07) is 16.9. The zero-order valence-electron chi connectivity index (χ0n) is 14.8. The molecule has 2 aliphatic heterocycles. The van der Waals surface area contributed by atoms with E-state index in [9.17, 15) is 0 Å². The number of nitrogens with zero attached hydrogens (tertiary/aromatic N) is 1. The SMILES string of the molecule is Cc1ccc(Sc2cccc3c2N[C@H]2CCN(C(C)C)CC32)cc1. The fourth-order valence-electron chi connectivity index (χ4n) is 3.95. The van der Waals surface area contributed by atoms with E-state index in [1.54, 1.807) is 0 Å². The van der Waals surface area contributed by atoms with Crippen molar-refractivity contribution < 1.29 is 0 Å². The number of hydrogen-bond acceptors (Lipinski definition) is 3. The highest BCUT2D eigenvalue weighted by Gasteiger charge is 2.38. The van der Waals surface area contributed by atoms with E-state index in [0.717, 1.165) is 0 Å². The number of nitrogens with one attached hydrogen (secondary N) is 1. The van der Waals surface area contributed by atoms with Crippen LogP contribution in [0.25, 0.3) is 0 Å². The molecule has 4 rings (SSSR count). The summed E-state index contributed by atoms with van der Waals surface area (Å²) in [5.74, 6) is 0.634. The molecule has 24 heavy (non-hydrogen) atoms. The lowest BCUT2D eigenvalue weighted by Gasteiger charge is -2.37. The van der Waals surface area contributed by atoms with E-state index >= 15 is 0 Å². The molecule has 126 valence electrons.